The molecule has 2 rings (SSSR count). The number of amides is 1. The van der Waals surface area contributed by atoms with Crippen molar-refractivity contribution in [2.45, 2.75) is 13.5 Å². The van der Waals surface area contributed by atoms with Gasteiger partial charge in [-0.05, 0) is 31.2 Å². The van der Waals surface area contributed by atoms with Crippen molar-refractivity contribution in [1.29, 1.82) is 5.26 Å². The van der Waals surface area contributed by atoms with Gasteiger partial charge in [-0.15, -0.1) is 0 Å². The number of aromatic hydroxyl groups is 1. The lowest BCUT2D eigenvalue weighted by Gasteiger charge is -2.10. The molecule has 2 N–H and O–H groups in total. The number of phenols is 1. The Kier molecular flexibility index (Phi) is 7.28. The van der Waals surface area contributed by atoms with Crippen LogP contribution in [0.25, 0.3) is 0 Å². The first kappa shape index (κ1) is 20.4. The summed E-state index contributed by atoms with van der Waals surface area (Å²) in [6.07, 6.45) is 1.31. The zero-order valence-corrected chi connectivity index (χ0v) is 16.3. The zero-order valence-electron chi connectivity index (χ0n) is 14.7. The number of methoxy groups -OCH3 is 1. The Hall–Kier alpha value is -2.96. The molecule has 0 fully saturated rings. The summed E-state index contributed by atoms with van der Waals surface area (Å²) < 4.78 is 11.2. The zero-order chi connectivity index (χ0) is 19.8. The summed E-state index contributed by atoms with van der Waals surface area (Å²) in [5.41, 5.74) is 4.21. The minimum Gasteiger partial charge on any atom is -0.507 e. The predicted octanol–water partition coefficient (Wildman–Crippen LogP) is 2.41. The first-order valence-electron chi connectivity index (χ1n) is 7.77. The van der Waals surface area contributed by atoms with Crippen molar-refractivity contribution in [3.8, 4) is 17.7 Å². The fourth-order valence-corrected chi connectivity index (χ4v) is 2.55. The fourth-order valence-electron chi connectivity index (χ4n) is 2.17. The second-order valence-corrected chi connectivity index (χ2v) is 6.35. The fraction of sp³-hybridized carbons (Fsp3) is 0.222. The van der Waals surface area contributed by atoms with Gasteiger partial charge in [-0.3, -0.25) is 4.79 Å². The maximum absolute atomic E-state index is 11.9. The van der Waals surface area contributed by atoms with Gasteiger partial charge in [0.05, 0.1) is 12.8 Å². The molecule has 0 radical (unpaired) electrons. The molecule has 0 saturated heterocycles. The van der Waals surface area contributed by atoms with Gasteiger partial charge in [0, 0.05) is 28.4 Å². The van der Waals surface area contributed by atoms with Gasteiger partial charge in [0.1, 0.15) is 17.4 Å². The molecule has 2 aromatic rings. The molecule has 140 valence electrons. The van der Waals surface area contributed by atoms with Gasteiger partial charge in [-0.25, -0.2) is 10.4 Å². The normalized spacial score (nSPS) is 10.6. The number of nitrogens with one attached hydrogen (secondary N) is 1. The summed E-state index contributed by atoms with van der Waals surface area (Å²) in [6.45, 7) is 1.61. The largest absolute Gasteiger partial charge is 0.507 e. The molecule has 0 unspecified atom stereocenters. The van der Waals surface area contributed by atoms with Crippen LogP contribution in [0.15, 0.2) is 33.8 Å². The number of ether oxygens (including phenoxy) is 2. The molecule has 0 aliphatic heterocycles. The second-order valence-electron chi connectivity index (χ2n) is 5.43. The Morgan fingerprint density at radius 3 is 2.96 bits per heavy atom. The number of aryl methyl sites for hydroxylation is 1. The average Bonchev–Trinajstić information content (AvgIpc) is 2.63. The summed E-state index contributed by atoms with van der Waals surface area (Å²) in [6, 6.07) is 8.57. The number of nitrogens with zero attached hydrogens (tertiary/aromatic N) is 3. The average molecular weight is 433 g/mol. The van der Waals surface area contributed by atoms with Crippen LogP contribution in [0.2, 0.25) is 0 Å². The van der Waals surface area contributed by atoms with Crippen molar-refractivity contribution in [2.24, 2.45) is 5.10 Å². The van der Waals surface area contributed by atoms with E-state index < -0.39 is 5.91 Å². The van der Waals surface area contributed by atoms with Crippen LogP contribution >= 0.6 is 15.9 Å². The SMILES string of the molecule is COCc1cc(C)nc(OCC(=O)NN=Cc2cc(Br)ccc2O)c1C#N. The third-order valence-corrected chi connectivity index (χ3v) is 3.82. The van der Waals surface area contributed by atoms with Gasteiger partial charge in [0.25, 0.3) is 5.91 Å². The molecule has 0 aliphatic carbocycles. The Balaban J connectivity index is 2.00. The van der Waals surface area contributed by atoms with Crippen LogP contribution in [0.5, 0.6) is 11.6 Å². The lowest BCUT2D eigenvalue weighted by atomic mass is 10.1. The summed E-state index contributed by atoms with van der Waals surface area (Å²) >= 11 is 3.28. The molecular formula is C18H17BrN4O4. The Bertz CT molecular complexity index is 909. The van der Waals surface area contributed by atoms with E-state index in [9.17, 15) is 15.2 Å². The van der Waals surface area contributed by atoms with Crippen molar-refractivity contribution in [3.63, 3.8) is 0 Å². The summed E-state index contributed by atoms with van der Waals surface area (Å²) in [4.78, 5) is 16.0. The van der Waals surface area contributed by atoms with Gasteiger partial charge in [-0.2, -0.15) is 10.4 Å². The highest BCUT2D eigenvalue weighted by atomic mass is 79.9. The number of pyridine rings is 1. The maximum Gasteiger partial charge on any atom is 0.278 e. The molecule has 0 atom stereocenters. The van der Waals surface area contributed by atoms with E-state index in [0.29, 0.717) is 16.8 Å². The lowest BCUT2D eigenvalue weighted by molar-refractivity contribution is -0.123. The van der Waals surface area contributed by atoms with E-state index in [1.807, 2.05) is 6.07 Å². The standard InChI is InChI=1S/C18H17BrN4O4/c1-11-5-13(9-26-2)15(7-20)18(22-11)27-10-17(25)23-21-8-12-6-14(19)3-4-16(12)24/h3-6,8,24H,9-10H2,1-2H3,(H,23,25). The third-order valence-electron chi connectivity index (χ3n) is 3.33. The van der Waals surface area contributed by atoms with E-state index in [0.717, 1.165) is 4.47 Å². The maximum atomic E-state index is 11.9. The van der Waals surface area contributed by atoms with Crippen molar-refractivity contribution in [3.05, 3.63) is 51.1 Å². The van der Waals surface area contributed by atoms with Gasteiger partial charge >= 0.3 is 0 Å². The van der Waals surface area contributed by atoms with Gasteiger partial charge in [0.15, 0.2) is 6.61 Å². The van der Waals surface area contributed by atoms with E-state index >= 15 is 0 Å². The number of benzene rings is 1. The smallest absolute Gasteiger partial charge is 0.278 e. The number of nitriles is 1. The molecule has 1 amide bonds. The molecule has 27 heavy (non-hydrogen) atoms. The first-order chi connectivity index (χ1) is 12.9. The van der Waals surface area contributed by atoms with E-state index in [-0.39, 0.29) is 30.4 Å². The van der Waals surface area contributed by atoms with E-state index in [4.69, 9.17) is 9.47 Å². The number of carbonyl (C=O) groups excluding carboxylic acids is 1. The predicted molar refractivity (Wildman–Crippen MR) is 101 cm³/mol. The second kappa shape index (κ2) is 9.66. The Labute approximate surface area is 164 Å². The molecule has 1 heterocycles. The number of aromatic nitrogens is 1. The van der Waals surface area contributed by atoms with Crippen molar-refractivity contribution in [1.82, 2.24) is 10.4 Å². The summed E-state index contributed by atoms with van der Waals surface area (Å²) in [5, 5.41) is 22.8. The van der Waals surface area contributed by atoms with Gasteiger partial charge in [0.2, 0.25) is 5.88 Å². The van der Waals surface area contributed by atoms with E-state index in [2.05, 4.69) is 31.4 Å². The van der Waals surface area contributed by atoms with Crippen LogP contribution in [0.3, 0.4) is 0 Å². The molecule has 0 spiro atoms. The highest BCUT2D eigenvalue weighted by molar-refractivity contribution is 9.10. The van der Waals surface area contributed by atoms with Crippen LogP contribution in [0, 0.1) is 18.3 Å². The van der Waals surface area contributed by atoms with Crippen LogP contribution in [0.4, 0.5) is 0 Å². The molecular weight excluding hydrogens is 416 g/mol. The molecule has 0 saturated carbocycles. The monoisotopic (exact) mass is 432 g/mol. The Morgan fingerprint density at radius 2 is 2.26 bits per heavy atom. The van der Waals surface area contributed by atoms with Crippen LogP contribution in [-0.2, 0) is 16.1 Å². The Morgan fingerprint density at radius 1 is 1.48 bits per heavy atom. The number of hydrogen-bond donors (Lipinski definition) is 2. The number of hydrogen-bond acceptors (Lipinski definition) is 7. The van der Waals surface area contributed by atoms with Gasteiger partial charge in [-0.1, -0.05) is 15.9 Å². The summed E-state index contributed by atoms with van der Waals surface area (Å²) in [5.74, 6) is -0.449. The molecule has 0 bridgehead atoms. The topological polar surface area (TPSA) is 117 Å². The van der Waals surface area contributed by atoms with Crippen molar-refractivity contribution < 1.29 is 19.4 Å². The number of halogens is 1. The number of rotatable bonds is 7. The number of phenolic OH excluding ortho intramolecular Hbond substituents is 1. The molecule has 1 aromatic carbocycles. The quantitative estimate of drug-likeness (QED) is 0.512. The van der Waals surface area contributed by atoms with Crippen LogP contribution in [0.1, 0.15) is 22.4 Å². The third kappa shape index (κ3) is 5.77. The van der Waals surface area contributed by atoms with Gasteiger partial charge < -0.3 is 14.6 Å². The first-order valence-corrected chi connectivity index (χ1v) is 8.56. The number of hydrazone groups is 1. The molecule has 0 aliphatic rings. The highest BCUT2D eigenvalue weighted by Crippen LogP contribution is 2.21. The van der Waals surface area contributed by atoms with Crippen LogP contribution in [-0.4, -0.2) is 35.9 Å². The van der Waals surface area contributed by atoms with Crippen molar-refractivity contribution in [2.75, 3.05) is 13.7 Å². The minimum absolute atomic E-state index is 0.0285. The van der Waals surface area contributed by atoms with Crippen molar-refractivity contribution >= 4 is 28.1 Å². The molecule has 9 heteroatoms. The molecule has 8 nitrogen and oxygen atoms in total. The van der Waals surface area contributed by atoms with E-state index in [1.165, 1.54) is 19.4 Å². The number of carbonyl (C=O) groups is 1. The summed E-state index contributed by atoms with van der Waals surface area (Å²) in [7, 11) is 1.52. The van der Waals surface area contributed by atoms with E-state index in [1.54, 1.807) is 25.1 Å². The minimum atomic E-state index is -0.541. The highest BCUT2D eigenvalue weighted by Gasteiger charge is 2.14. The lowest BCUT2D eigenvalue weighted by Crippen LogP contribution is -2.25. The molecule has 1 aromatic heterocycles. The van der Waals surface area contributed by atoms with Crippen LogP contribution < -0.4 is 10.2 Å².